The maximum absolute atomic E-state index is 11.7. The summed E-state index contributed by atoms with van der Waals surface area (Å²) >= 11 is 0. The predicted octanol–water partition coefficient (Wildman–Crippen LogP) is 4.24. The van der Waals surface area contributed by atoms with Crippen molar-refractivity contribution in [3.63, 3.8) is 0 Å². The van der Waals surface area contributed by atoms with Gasteiger partial charge in [0.25, 0.3) is 11.4 Å². The van der Waals surface area contributed by atoms with Crippen LogP contribution in [0, 0.1) is 26.1 Å². The molecule has 2 aromatic rings. The summed E-state index contributed by atoms with van der Waals surface area (Å²) < 4.78 is 10.5. The molecule has 28 heavy (non-hydrogen) atoms. The van der Waals surface area contributed by atoms with E-state index in [1.54, 1.807) is 38.1 Å². The minimum atomic E-state index is -0.692. The lowest BCUT2D eigenvalue weighted by molar-refractivity contribution is -0.394. The van der Waals surface area contributed by atoms with Gasteiger partial charge in [-0.15, -0.1) is 0 Å². The molecule has 0 aliphatic rings. The number of hydrogen-bond donors (Lipinski definition) is 0. The van der Waals surface area contributed by atoms with E-state index >= 15 is 0 Å². The highest BCUT2D eigenvalue weighted by Crippen LogP contribution is 2.30. The van der Waals surface area contributed by atoms with Gasteiger partial charge in [0.05, 0.1) is 34.5 Å². The fourth-order valence-corrected chi connectivity index (χ4v) is 2.23. The van der Waals surface area contributed by atoms with Crippen molar-refractivity contribution in [2.75, 3.05) is 7.11 Å². The number of nitrogens with zero attached hydrogens (tertiary/aromatic N) is 2. The molecule has 2 rings (SSSR count). The molecule has 0 fully saturated rings. The van der Waals surface area contributed by atoms with Crippen molar-refractivity contribution in [1.29, 1.82) is 0 Å². The van der Waals surface area contributed by atoms with E-state index in [0.29, 0.717) is 11.3 Å². The summed E-state index contributed by atoms with van der Waals surface area (Å²) in [6.07, 6.45) is 3.06. The second-order valence-corrected chi connectivity index (χ2v) is 6.08. The summed E-state index contributed by atoms with van der Waals surface area (Å²) in [5, 5.41) is 22.0. The molecule has 0 atom stereocenters. The predicted molar refractivity (Wildman–Crippen MR) is 102 cm³/mol. The van der Waals surface area contributed by atoms with Gasteiger partial charge in [-0.3, -0.25) is 25.0 Å². The van der Waals surface area contributed by atoms with Crippen LogP contribution in [-0.2, 0) is 4.79 Å². The molecule has 0 saturated carbocycles. The first kappa shape index (κ1) is 20.6. The third kappa shape index (κ3) is 4.91. The summed E-state index contributed by atoms with van der Waals surface area (Å²) in [5.41, 5.74) is 0.112. The lowest BCUT2D eigenvalue weighted by Crippen LogP contribution is -2.15. The molecule has 0 aliphatic carbocycles. The van der Waals surface area contributed by atoms with Gasteiger partial charge in [-0.25, -0.2) is 0 Å². The van der Waals surface area contributed by atoms with Crippen molar-refractivity contribution >= 4 is 29.5 Å². The minimum absolute atomic E-state index is 0.213. The van der Waals surface area contributed by atoms with Crippen LogP contribution in [0.15, 0.2) is 36.4 Å². The smallest absolute Gasteiger partial charge is 0.313 e. The van der Waals surface area contributed by atoms with Crippen LogP contribution >= 0.6 is 0 Å². The molecule has 0 aromatic heterocycles. The van der Waals surface area contributed by atoms with E-state index in [9.17, 15) is 25.0 Å². The molecular formula is C19H18N2O7. The van der Waals surface area contributed by atoms with Crippen LogP contribution in [0.4, 0.5) is 11.4 Å². The Kier molecular flexibility index (Phi) is 6.43. The molecular weight excluding hydrogens is 368 g/mol. The molecule has 0 bridgehead atoms. The fourth-order valence-electron chi connectivity index (χ4n) is 2.23. The summed E-state index contributed by atoms with van der Waals surface area (Å²) in [7, 11) is 1.43. The first-order chi connectivity index (χ1) is 13.2. The second-order valence-electron chi connectivity index (χ2n) is 6.08. The molecule has 0 saturated heterocycles. The molecule has 0 aliphatic heterocycles. The van der Waals surface area contributed by atoms with E-state index in [1.807, 2.05) is 0 Å². The Bertz CT molecular complexity index is 951. The maximum Gasteiger partial charge on any atom is 0.313 e. The number of non-ortho nitro benzene ring substituents is 1. The van der Waals surface area contributed by atoms with E-state index in [1.165, 1.54) is 25.3 Å². The van der Waals surface area contributed by atoms with Gasteiger partial charge in [-0.05, 0) is 29.8 Å². The second kappa shape index (κ2) is 8.76. The van der Waals surface area contributed by atoms with Crippen LogP contribution in [0.3, 0.4) is 0 Å². The molecule has 0 radical (unpaired) electrons. The first-order valence-electron chi connectivity index (χ1n) is 8.23. The lowest BCUT2D eigenvalue weighted by atomic mass is 10.1. The number of benzene rings is 2. The number of hydrogen-bond acceptors (Lipinski definition) is 7. The van der Waals surface area contributed by atoms with Crippen LogP contribution in [-0.4, -0.2) is 22.9 Å². The Morgan fingerprint density at radius 3 is 2.29 bits per heavy atom. The van der Waals surface area contributed by atoms with Gasteiger partial charge in [-0.2, -0.15) is 0 Å². The number of carbonyl (C=O) groups is 1. The van der Waals surface area contributed by atoms with Crippen molar-refractivity contribution in [2.24, 2.45) is 5.92 Å². The number of esters is 1. The number of rotatable bonds is 7. The standard InChI is InChI=1S/C19H18N2O7/c1-12(2)19(22)28-17-9-5-13(10-18(17)27-3)4-6-14-7-8-15(20(23)24)11-16(14)21(25)26/h4-12H,1-3H3. The summed E-state index contributed by atoms with van der Waals surface area (Å²) in [4.78, 5) is 32.4. The van der Waals surface area contributed by atoms with E-state index < -0.39 is 15.8 Å². The Morgan fingerprint density at radius 2 is 1.71 bits per heavy atom. The minimum Gasteiger partial charge on any atom is -0.493 e. The summed E-state index contributed by atoms with van der Waals surface area (Å²) in [6, 6.07) is 8.23. The van der Waals surface area contributed by atoms with E-state index in [0.717, 1.165) is 6.07 Å². The van der Waals surface area contributed by atoms with Gasteiger partial charge in [0, 0.05) is 6.07 Å². The highest BCUT2D eigenvalue weighted by atomic mass is 16.6. The molecule has 0 unspecified atom stereocenters. The third-order valence-corrected chi connectivity index (χ3v) is 3.75. The molecule has 9 heteroatoms. The highest BCUT2D eigenvalue weighted by Gasteiger charge is 2.18. The van der Waals surface area contributed by atoms with Gasteiger partial charge < -0.3 is 9.47 Å². The Labute approximate surface area is 160 Å². The van der Waals surface area contributed by atoms with E-state index in [2.05, 4.69) is 0 Å². The Morgan fingerprint density at radius 1 is 1.00 bits per heavy atom. The normalized spacial score (nSPS) is 10.9. The summed E-state index contributed by atoms with van der Waals surface area (Å²) in [5.74, 6) is -0.107. The monoisotopic (exact) mass is 386 g/mol. The fraction of sp³-hybridized carbons (Fsp3) is 0.211. The van der Waals surface area contributed by atoms with Crippen molar-refractivity contribution < 1.29 is 24.1 Å². The zero-order valence-electron chi connectivity index (χ0n) is 15.4. The molecule has 0 N–H and O–H groups in total. The largest absolute Gasteiger partial charge is 0.493 e. The van der Waals surface area contributed by atoms with Gasteiger partial charge in [0.15, 0.2) is 11.5 Å². The van der Waals surface area contributed by atoms with Crippen LogP contribution in [0.25, 0.3) is 12.2 Å². The maximum atomic E-state index is 11.7. The van der Waals surface area contributed by atoms with Crippen molar-refractivity contribution in [3.05, 3.63) is 67.8 Å². The van der Waals surface area contributed by atoms with Crippen molar-refractivity contribution in [3.8, 4) is 11.5 Å². The SMILES string of the molecule is COc1cc(C=Cc2ccc([N+](=O)[O-])cc2[N+](=O)[O-])ccc1OC(=O)C(C)C. The van der Waals surface area contributed by atoms with E-state index in [4.69, 9.17) is 9.47 Å². The number of methoxy groups -OCH3 is 1. The molecule has 2 aromatic carbocycles. The number of carbonyl (C=O) groups excluding carboxylic acids is 1. The molecule has 0 spiro atoms. The van der Waals surface area contributed by atoms with Gasteiger partial charge in [0.2, 0.25) is 0 Å². The highest BCUT2D eigenvalue weighted by molar-refractivity contribution is 5.77. The first-order valence-corrected chi connectivity index (χ1v) is 8.23. The average molecular weight is 386 g/mol. The summed E-state index contributed by atoms with van der Waals surface area (Å²) in [6.45, 7) is 3.42. The number of ether oxygens (including phenoxy) is 2. The van der Waals surface area contributed by atoms with Crippen LogP contribution in [0.1, 0.15) is 25.0 Å². The third-order valence-electron chi connectivity index (χ3n) is 3.75. The van der Waals surface area contributed by atoms with E-state index in [-0.39, 0.29) is 28.6 Å². The zero-order chi connectivity index (χ0) is 20.8. The quantitative estimate of drug-likeness (QED) is 0.229. The lowest BCUT2D eigenvalue weighted by Gasteiger charge is -2.11. The van der Waals surface area contributed by atoms with Gasteiger partial charge >= 0.3 is 5.97 Å². The molecule has 0 amide bonds. The van der Waals surface area contributed by atoms with Crippen LogP contribution < -0.4 is 9.47 Å². The van der Waals surface area contributed by atoms with Gasteiger partial charge in [-0.1, -0.05) is 26.0 Å². The van der Waals surface area contributed by atoms with Gasteiger partial charge in [0.1, 0.15) is 0 Å². The molecule has 0 heterocycles. The topological polar surface area (TPSA) is 122 Å². The van der Waals surface area contributed by atoms with Crippen LogP contribution in [0.5, 0.6) is 11.5 Å². The number of nitro benzene ring substituents is 2. The Balaban J connectivity index is 2.33. The Hall–Kier alpha value is -3.75. The molecule has 9 nitrogen and oxygen atoms in total. The van der Waals surface area contributed by atoms with Crippen molar-refractivity contribution in [1.82, 2.24) is 0 Å². The zero-order valence-corrected chi connectivity index (χ0v) is 15.4. The molecule has 146 valence electrons. The average Bonchev–Trinajstić information content (AvgIpc) is 2.66. The number of nitro groups is 2. The van der Waals surface area contributed by atoms with Crippen molar-refractivity contribution in [2.45, 2.75) is 13.8 Å². The van der Waals surface area contributed by atoms with Crippen LogP contribution in [0.2, 0.25) is 0 Å².